The molecule has 3 N–H and O–H groups in total. The van der Waals surface area contributed by atoms with Crippen molar-refractivity contribution in [3.63, 3.8) is 0 Å². The zero-order valence-corrected chi connectivity index (χ0v) is 17.2. The molecule has 2 aliphatic rings. The van der Waals surface area contributed by atoms with Crippen molar-refractivity contribution in [3.8, 4) is 0 Å². The Hall–Kier alpha value is -1.68. The smallest absolute Gasteiger partial charge is 0.353 e. The molecule has 0 spiro atoms. The van der Waals surface area contributed by atoms with Crippen LogP contribution in [0, 0.1) is 5.92 Å². The number of alkyl halides is 4. The second-order valence-electron chi connectivity index (χ2n) is 8.25. The first kappa shape index (κ1) is 23.0. The number of amides is 1. The molecule has 5 nitrogen and oxygen atoms in total. The SMILES string of the molecule is N[C@@H]1CCCC[C@H]1C(=O)N[C@H]1CC[C@](F)(S(=O)(=O)c2cccc(C(F)(F)F)c2)CC1. The number of hydrogen-bond acceptors (Lipinski definition) is 4. The first-order chi connectivity index (χ1) is 13.9. The quantitative estimate of drug-likeness (QED) is 0.685. The molecule has 0 unspecified atom stereocenters. The van der Waals surface area contributed by atoms with Crippen molar-refractivity contribution in [2.75, 3.05) is 0 Å². The molecule has 2 fully saturated rings. The lowest BCUT2D eigenvalue weighted by atomic mass is 9.84. The van der Waals surface area contributed by atoms with Crippen LogP contribution in [0.4, 0.5) is 17.6 Å². The molecular formula is C20H26F4N2O3S. The lowest BCUT2D eigenvalue weighted by Crippen LogP contribution is -2.49. The van der Waals surface area contributed by atoms with Crippen LogP contribution in [0.2, 0.25) is 0 Å². The van der Waals surface area contributed by atoms with E-state index in [-0.39, 0.29) is 36.8 Å². The molecule has 0 saturated heterocycles. The Balaban J connectivity index is 1.67. The monoisotopic (exact) mass is 450 g/mol. The van der Waals surface area contributed by atoms with E-state index in [0.29, 0.717) is 12.5 Å². The summed E-state index contributed by atoms with van der Waals surface area (Å²) in [7, 11) is -4.62. The third-order valence-electron chi connectivity index (χ3n) is 6.19. The number of carbonyl (C=O) groups is 1. The molecule has 0 heterocycles. The van der Waals surface area contributed by atoms with Crippen molar-refractivity contribution in [3.05, 3.63) is 29.8 Å². The second kappa shape index (κ2) is 8.45. The molecule has 0 aromatic heterocycles. The third-order valence-corrected chi connectivity index (χ3v) is 8.43. The van der Waals surface area contributed by atoms with Crippen LogP contribution in [0.15, 0.2) is 29.2 Å². The molecule has 1 aromatic carbocycles. The van der Waals surface area contributed by atoms with E-state index in [0.717, 1.165) is 37.5 Å². The van der Waals surface area contributed by atoms with Gasteiger partial charge >= 0.3 is 6.18 Å². The van der Waals surface area contributed by atoms with Gasteiger partial charge in [-0.15, -0.1) is 0 Å². The number of sulfone groups is 1. The Morgan fingerprint density at radius 3 is 2.33 bits per heavy atom. The van der Waals surface area contributed by atoms with Crippen molar-refractivity contribution < 1.29 is 30.8 Å². The minimum atomic E-state index is -4.73. The number of carbonyl (C=O) groups excluding carboxylic acids is 1. The molecule has 0 aliphatic heterocycles. The average Bonchev–Trinajstić information content (AvgIpc) is 2.69. The zero-order valence-electron chi connectivity index (χ0n) is 16.4. The summed E-state index contributed by atoms with van der Waals surface area (Å²) in [4.78, 5) is 11.8. The molecule has 168 valence electrons. The van der Waals surface area contributed by atoms with E-state index in [2.05, 4.69) is 5.32 Å². The maximum atomic E-state index is 15.4. The van der Waals surface area contributed by atoms with Gasteiger partial charge in [-0.05, 0) is 56.7 Å². The summed E-state index contributed by atoms with van der Waals surface area (Å²) < 4.78 is 79.6. The van der Waals surface area contributed by atoms with Gasteiger partial charge in [-0.25, -0.2) is 12.8 Å². The highest BCUT2D eigenvalue weighted by molar-refractivity contribution is 7.92. The highest BCUT2D eigenvalue weighted by atomic mass is 32.2. The fraction of sp³-hybridized carbons (Fsp3) is 0.650. The molecule has 2 atom stereocenters. The van der Waals surface area contributed by atoms with Gasteiger partial charge < -0.3 is 11.1 Å². The van der Waals surface area contributed by atoms with Gasteiger partial charge in [0.05, 0.1) is 16.4 Å². The van der Waals surface area contributed by atoms with E-state index in [1.165, 1.54) is 0 Å². The maximum Gasteiger partial charge on any atom is 0.416 e. The van der Waals surface area contributed by atoms with Crippen molar-refractivity contribution in [1.29, 1.82) is 0 Å². The fourth-order valence-corrected chi connectivity index (χ4v) is 6.04. The first-order valence-electron chi connectivity index (χ1n) is 10.1. The average molecular weight is 450 g/mol. The Kier molecular flexibility index (Phi) is 6.48. The standard InChI is InChI=1S/C20H26F4N2O3S/c21-19(30(28,29)15-5-3-4-13(12-15)20(22,23)24)10-8-14(9-11-19)26-18(27)16-6-1-2-7-17(16)25/h3-5,12,14,16-17H,1-2,6-11,25H2,(H,26,27)/t14-,16-,17-,19-/m1/s1. The Morgan fingerprint density at radius 2 is 1.73 bits per heavy atom. The summed E-state index contributed by atoms with van der Waals surface area (Å²) in [6.45, 7) is 0. The van der Waals surface area contributed by atoms with Gasteiger partial charge in [-0.2, -0.15) is 13.2 Å². The molecule has 0 bridgehead atoms. The molecule has 3 rings (SSSR count). The summed E-state index contributed by atoms with van der Waals surface area (Å²) in [6.07, 6.45) is -1.99. The summed E-state index contributed by atoms with van der Waals surface area (Å²) in [5.41, 5.74) is 4.87. The van der Waals surface area contributed by atoms with Crippen molar-refractivity contribution in [1.82, 2.24) is 5.32 Å². The molecule has 2 aliphatic carbocycles. The predicted octanol–water partition coefficient (Wildman–Crippen LogP) is 3.72. The van der Waals surface area contributed by atoms with Crippen molar-refractivity contribution in [2.45, 2.75) is 79.5 Å². The lowest BCUT2D eigenvalue weighted by Gasteiger charge is -2.35. The Morgan fingerprint density at radius 1 is 1.10 bits per heavy atom. The minimum Gasteiger partial charge on any atom is -0.353 e. The van der Waals surface area contributed by atoms with Crippen LogP contribution in [0.1, 0.15) is 56.9 Å². The largest absolute Gasteiger partial charge is 0.416 e. The molecule has 0 radical (unpaired) electrons. The summed E-state index contributed by atoms with van der Waals surface area (Å²) in [6, 6.07) is 2.54. The van der Waals surface area contributed by atoms with Crippen LogP contribution in [-0.4, -0.2) is 31.4 Å². The van der Waals surface area contributed by atoms with Gasteiger partial charge in [0.25, 0.3) is 0 Å². The lowest BCUT2D eigenvalue weighted by molar-refractivity contribution is -0.137. The van der Waals surface area contributed by atoms with Gasteiger partial charge in [0.15, 0.2) is 0 Å². The van der Waals surface area contributed by atoms with E-state index in [1.54, 1.807) is 0 Å². The molecule has 1 amide bonds. The van der Waals surface area contributed by atoms with E-state index in [4.69, 9.17) is 5.73 Å². The molecule has 2 saturated carbocycles. The number of nitrogens with two attached hydrogens (primary N) is 1. The number of benzene rings is 1. The Bertz CT molecular complexity index is 880. The van der Waals surface area contributed by atoms with Crippen LogP contribution < -0.4 is 11.1 Å². The van der Waals surface area contributed by atoms with Crippen LogP contribution in [-0.2, 0) is 20.8 Å². The Labute approximate surface area is 173 Å². The van der Waals surface area contributed by atoms with Gasteiger partial charge in [-0.1, -0.05) is 18.9 Å². The normalized spacial score (nSPS) is 30.6. The van der Waals surface area contributed by atoms with Crippen LogP contribution in [0.25, 0.3) is 0 Å². The predicted molar refractivity (Wildman–Crippen MR) is 103 cm³/mol. The van der Waals surface area contributed by atoms with Crippen molar-refractivity contribution >= 4 is 15.7 Å². The van der Waals surface area contributed by atoms with Gasteiger partial charge in [0.1, 0.15) is 0 Å². The van der Waals surface area contributed by atoms with E-state index < -0.39 is 44.3 Å². The van der Waals surface area contributed by atoms with Crippen LogP contribution >= 0.6 is 0 Å². The minimum absolute atomic E-state index is 0.0857. The van der Waals surface area contributed by atoms with Crippen LogP contribution in [0.3, 0.4) is 0 Å². The second-order valence-corrected chi connectivity index (χ2v) is 10.5. The van der Waals surface area contributed by atoms with E-state index >= 15 is 4.39 Å². The topological polar surface area (TPSA) is 89.3 Å². The third kappa shape index (κ3) is 4.64. The number of halogens is 4. The van der Waals surface area contributed by atoms with E-state index in [9.17, 15) is 26.4 Å². The summed E-state index contributed by atoms with van der Waals surface area (Å²) in [5, 5.41) is 0.181. The highest BCUT2D eigenvalue weighted by Gasteiger charge is 2.48. The summed E-state index contributed by atoms with van der Waals surface area (Å²) >= 11 is 0. The van der Waals surface area contributed by atoms with E-state index in [1.807, 2.05) is 0 Å². The molecule has 30 heavy (non-hydrogen) atoms. The first-order valence-corrected chi connectivity index (χ1v) is 11.6. The summed E-state index contributed by atoms with van der Waals surface area (Å²) in [5.74, 6) is -0.496. The highest BCUT2D eigenvalue weighted by Crippen LogP contribution is 2.41. The number of hydrogen-bond donors (Lipinski definition) is 2. The van der Waals surface area contributed by atoms with Crippen molar-refractivity contribution in [2.24, 2.45) is 11.7 Å². The van der Waals surface area contributed by atoms with Gasteiger partial charge in [0.2, 0.25) is 20.7 Å². The molecule has 1 aromatic rings. The molecular weight excluding hydrogens is 424 g/mol. The number of rotatable bonds is 4. The van der Waals surface area contributed by atoms with Gasteiger partial charge in [-0.3, -0.25) is 4.79 Å². The molecule has 10 heteroatoms. The van der Waals surface area contributed by atoms with Gasteiger partial charge in [0, 0.05) is 12.1 Å². The maximum absolute atomic E-state index is 15.4. The fourth-order valence-electron chi connectivity index (χ4n) is 4.31. The number of nitrogens with one attached hydrogen (secondary N) is 1. The van der Waals surface area contributed by atoms with Crippen LogP contribution in [0.5, 0.6) is 0 Å². The zero-order chi connectivity index (χ0) is 22.2.